The maximum atomic E-state index is 12.6. The van der Waals surface area contributed by atoms with Crippen molar-refractivity contribution in [3.8, 4) is 0 Å². The summed E-state index contributed by atoms with van der Waals surface area (Å²) in [5.74, 6) is 0.807. The highest BCUT2D eigenvalue weighted by Crippen LogP contribution is 2.62. The normalized spacial score (nSPS) is 48.3. The lowest BCUT2D eigenvalue weighted by Crippen LogP contribution is -2.54. The number of aliphatic hydroxyl groups is 3. The third-order valence-corrected chi connectivity index (χ3v) is 8.31. The molecule has 0 amide bonds. The zero-order chi connectivity index (χ0) is 19.8. The minimum atomic E-state index is -0.862. The van der Waals surface area contributed by atoms with Crippen molar-refractivity contribution in [1.82, 2.24) is 0 Å². The average Bonchev–Trinajstić information content (AvgIpc) is 3.35. The Morgan fingerprint density at radius 1 is 1.26 bits per heavy atom. The molecule has 3 aliphatic carbocycles. The second kappa shape index (κ2) is 5.99. The van der Waals surface area contributed by atoms with Crippen molar-refractivity contribution in [2.75, 3.05) is 6.61 Å². The van der Waals surface area contributed by atoms with Crippen LogP contribution in [0.2, 0.25) is 0 Å². The molecule has 4 rings (SSSR count). The molecule has 27 heavy (non-hydrogen) atoms. The van der Waals surface area contributed by atoms with Gasteiger partial charge in [-0.25, -0.2) is 0 Å². The van der Waals surface area contributed by atoms with Crippen LogP contribution in [0.3, 0.4) is 0 Å². The minimum Gasteiger partial charge on any atom is -0.392 e. The molecule has 4 aliphatic rings. The molecule has 0 unspecified atom stereocenters. The predicted molar refractivity (Wildman–Crippen MR) is 101 cm³/mol. The first kappa shape index (κ1) is 19.3. The molecule has 0 aromatic carbocycles. The lowest BCUT2D eigenvalue weighted by molar-refractivity contribution is -0.143. The lowest BCUT2D eigenvalue weighted by atomic mass is 9.47. The van der Waals surface area contributed by atoms with Crippen LogP contribution in [-0.2, 0) is 9.53 Å². The number of fused-ring (bicyclic) bond motifs is 2. The molecule has 5 heteroatoms. The number of epoxide rings is 1. The Morgan fingerprint density at radius 3 is 2.63 bits per heavy atom. The number of rotatable bonds is 3. The molecule has 3 N–H and O–H groups in total. The van der Waals surface area contributed by atoms with Crippen molar-refractivity contribution in [3.63, 3.8) is 0 Å². The van der Waals surface area contributed by atoms with Crippen LogP contribution in [0.15, 0.2) is 23.3 Å². The number of ether oxygens (including phenoxy) is 1. The molecule has 0 aromatic rings. The Balaban J connectivity index is 1.66. The number of allylic oxidation sites excluding steroid dienone is 2. The van der Waals surface area contributed by atoms with Gasteiger partial charge in [-0.1, -0.05) is 32.4 Å². The smallest absolute Gasteiger partial charge is 0.138 e. The number of Topliss-reactive ketones (excluding diaryl/α,β-unsaturated/α-hetero) is 1. The summed E-state index contributed by atoms with van der Waals surface area (Å²) in [6.45, 7) is 8.32. The van der Waals surface area contributed by atoms with Crippen LogP contribution in [0.25, 0.3) is 0 Å². The van der Waals surface area contributed by atoms with Gasteiger partial charge in [0.1, 0.15) is 29.7 Å². The van der Waals surface area contributed by atoms with E-state index in [2.05, 4.69) is 33.8 Å². The first-order chi connectivity index (χ1) is 12.6. The summed E-state index contributed by atoms with van der Waals surface area (Å²) in [5, 5.41) is 30.6. The van der Waals surface area contributed by atoms with E-state index in [1.54, 1.807) is 6.08 Å². The van der Waals surface area contributed by atoms with E-state index in [1.165, 1.54) is 5.57 Å². The second-order valence-electron chi connectivity index (χ2n) is 9.93. The zero-order valence-corrected chi connectivity index (χ0v) is 16.7. The molecule has 2 fully saturated rings. The molecular weight excluding hydrogens is 344 g/mol. The number of carbonyl (C=O) groups excluding carboxylic acids is 1. The molecule has 1 aliphatic heterocycles. The summed E-state index contributed by atoms with van der Waals surface area (Å²) in [6, 6.07) is 0. The predicted octanol–water partition coefficient (Wildman–Crippen LogP) is 2.15. The first-order valence-corrected chi connectivity index (χ1v) is 10.1. The van der Waals surface area contributed by atoms with Crippen LogP contribution in [0.5, 0.6) is 0 Å². The fourth-order valence-corrected chi connectivity index (χ4v) is 6.40. The molecular formula is C22H32O5. The summed E-state index contributed by atoms with van der Waals surface area (Å²) in [6.07, 6.45) is 4.65. The second-order valence-corrected chi connectivity index (χ2v) is 9.93. The quantitative estimate of drug-likeness (QED) is 0.519. The highest BCUT2D eigenvalue weighted by atomic mass is 16.6. The van der Waals surface area contributed by atoms with E-state index in [-0.39, 0.29) is 29.3 Å². The minimum absolute atomic E-state index is 0.0346. The van der Waals surface area contributed by atoms with E-state index in [0.717, 1.165) is 12.8 Å². The van der Waals surface area contributed by atoms with Gasteiger partial charge in [0.2, 0.25) is 0 Å². The van der Waals surface area contributed by atoms with Crippen LogP contribution >= 0.6 is 0 Å². The molecule has 150 valence electrons. The number of carbonyl (C=O) groups is 1. The van der Waals surface area contributed by atoms with Crippen LogP contribution < -0.4 is 0 Å². The highest BCUT2D eigenvalue weighted by Gasteiger charge is 2.68. The van der Waals surface area contributed by atoms with Crippen molar-refractivity contribution in [3.05, 3.63) is 23.3 Å². The third kappa shape index (κ3) is 2.55. The zero-order valence-electron chi connectivity index (χ0n) is 16.7. The number of hydrogen-bond donors (Lipinski definition) is 3. The summed E-state index contributed by atoms with van der Waals surface area (Å²) in [4.78, 5) is 12.6. The Labute approximate surface area is 161 Å². The molecule has 5 nitrogen and oxygen atoms in total. The number of aliphatic hydroxyl groups excluding tert-OH is 3. The maximum absolute atomic E-state index is 12.6. The van der Waals surface area contributed by atoms with Gasteiger partial charge in [0, 0.05) is 11.8 Å². The van der Waals surface area contributed by atoms with E-state index in [1.807, 2.05) is 0 Å². The van der Waals surface area contributed by atoms with Gasteiger partial charge >= 0.3 is 0 Å². The third-order valence-electron chi connectivity index (χ3n) is 8.31. The van der Waals surface area contributed by atoms with Crippen LogP contribution in [-0.4, -0.2) is 51.6 Å². The van der Waals surface area contributed by atoms with E-state index in [0.29, 0.717) is 24.2 Å². The summed E-state index contributed by atoms with van der Waals surface area (Å²) < 4.78 is 5.91. The summed E-state index contributed by atoms with van der Waals surface area (Å²) in [7, 11) is 0. The van der Waals surface area contributed by atoms with E-state index >= 15 is 0 Å². The van der Waals surface area contributed by atoms with Gasteiger partial charge in [0.05, 0.1) is 6.61 Å². The van der Waals surface area contributed by atoms with Crippen LogP contribution in [0.4, 0.5) is 0 Å². The largest absolute Gasteiger partial charge is 0.392 e. The van der Waals surface area contributed by atoms with Crippen molar-refractivity contribution < 1.29 is 24.9 Å². The summed E-state index contributed by atoms with van der Waals surface area (Å²) >= 11 is 0. The first-order valence-electron chi connectivity index (χ1n) is 10.1. The lowest BCUT2D eigenvalue weighted by Gasteiger charge is -2.56. The Bertz CT molecular complexity index is 722. The number of hydrogen-bond acceptors (Lipinski definition) is 5. The molecule has 0 radical (unpaired) electrons. The SMILES string of the molecule is CC1=CC[C@H]2C(C)(C)C(=O)CC[C@]2(C)[C@H]1C[C@@]12O[C@@H]1[C@H](O)C(CO)=C[C@H]2O. The number of ketones is 1. The summed E-state index contributed by atoms with van der Waals surface area (Å²) in [5.41, 5.74) is 0.561. The Morgan fingerprint density at radius 2 is 1.96 bits per heavy atom. The van der Waals surface area contributed by atoms with Crippen LogP contribution in [0, 0.1) is 22.7 Å². The van der Waals surface area contributed by atoms with Crippen molar-refractivity contribution in [2.45, 2.75) is 77.3 Å². The standard InChI is InChI=1S/C22H32O5/c1-12-5-6-15-20(2,3)16(24)7-8-21(15,4)14(12)10-22-17(25)9-13(11-23)18(26)19(22)27-22/h5,9,14-15,17-19,23,25-26H,6-8,10-11H2,1-4H3/t14-,15-,17+,18+,19+,21+,22-/m0/s1. The van der Waals surface area contributed by atoms with Gasteiger partial charge in [0.15, 0.2) is 0 Å². The van der Waals surface area contributed by atoms with Crippen molar-refractivity contribution in [1.29, 1.82) is 0 Å². The van der Waals surface area contributed by atoms with Gasteiger partial charge in [-0.05, 0) is 55.1 Å². The molecule has 1 saturated carbocycles. The van der Waals surface area contributed by atoms with Crippen molar-refractivity contribution >= 4 is 5.78 Å². The molecule has 7 atom stereocenters. The molecule has 0 aromatic heterocycles. The van der Waals surface area contributed by atoms with E-state index < -0.39 is 23.9 Å². The topological polar surface area (TPSA) is 90.3 Å². The van der Waals surface area contributed by atoms with Gasteiger partial charge in [-0.2, -0.15) is 0 Å². The van der Waals surface area contributed by atoms with Gasteiger partial charge in [0.25, 0.3) is 0 Å². The average molecular weight is 376 g/mol. The van der Waals surface area contributed by atoms with E-state index in [9.17, 15) is 20.1 Å². The monoisotopic (exact) mass is 376 g/mol. The highest BCUT2D eigenvalue weighted by molar-refractivity contribution is 5.85. The fourth-order valence-electron chi connectivity index (χ4n) is 6.40. The fraction of sp³-hybridized carbons (Fsp3) is 0.773. The van der Waals surface area contributed by atoms with Crippen LogP contribution in [0.1, 0.15) is 53.4 Å². The van der Waals surface area contributed by atoms with Gasteiger partial charge in [-0.3, -0.25) is 4.79 Å². The van der Waals surface area contributed by atoms with Gasteiger partial charge < -0.3 is 20.1 Å². The Kier molecular flexibility index (Phi) is 4.29. The molecule has 1 heterocycles. The van der Waals surface area contributed by atoms with Crippen molar-refractivity contribution in [2.24, 2.45) is 22.7 Å². The Hall–Kier alpha value is -1.01. The maximum Gasteiger partial charge on any atom is 0.138 e. The molecule has 0 spiro atoms. The molecule has 1 saturated heterocycles. The van der Waals surface area contributed by atoms with Gasteiger partial charge in [-0.15, -0.1) is 0 Å². The molecule has 0 bridgehead atoms. The van der Waals surface area contributed by atoms with E-state index in [4.69, 9.17) is 4.74 Å².